The fraction of sp³-hybridized carbons (Fsp3) is 0.100. The molecule has 0 saturated heterocycles. The Bertz CT molecular complexity index is 1050. The fourth-order valence-electron chi connectivity index (χ4n) is 2.77. The molecule has 3 rings (SSSR count). The smallest absolute Gasteiger partial charge is 0.327 e. The molecule has 3 aromatic rings. The van der Waals surface area contributed by atoms with Crippen LogP contribution in [0.2, 0.25) is 0 Å². The second-order valence-electron chi connectivity index (χ2n) is 5.93. The molecule has 1 unspecified atom stereocenters. The number of aromatic nitrogens is 2. The third-order valence-electron chi connectivity index (χ3n) is 4.11. The first-order chi connectivity index (χ1) is 13.5. The Morgan fingerprint density at radius 1 is 1.04 bits per heavy atom. The van der Waals surface area contributed by atoms with Crippen LogP contribution < -0.4 is 10.9 Å². The summed E-state index contributed by atoms with van der Waals surface area (Å²) in [5, 5.41) is 18.0. The molecule has 1 aromatic heterocycles. The van der Waals surface area contributed by atoms with Crippen molar-refractivity contribution in [2.45, 2.75) is 6.04 Å². The molecular formula is C20H17N3O4S. The molecule has 0 aliphatic carbocycles. The van der Waals surface area contributed by atoms with Crippen molar-refractivity contribution in [2.24, 2.45) is 0 Å². The average Bonchev–Trinajstić information content (AvgIpc) is 2.72. The van der Waals surface area contributed by atoms with Crippen molar-refractivity contribution in [1.82, 2.24) is 15.5 Å². The standard InChI is InChI=1S/C20H17N3O4S/c24-18(21-14(11-28)20(26)27)16-15(12-7-3-1-4-8-12)17(22-23-19(16)25)13-9-5-2-6-10-13/h1-10,14,28H,11H2,(H,21,24)(H,23,25)(H,26,27). The van der Waals surface area contributed by atoms with Crippen LogP contribution in [0.4, 0.5) is 0 Å². The number of hydrogen-bond donors (Lipinski definition) is 4. The lowest BCUT2D eigenvalue weighted by Crippen LogP contribution is -2.44. The zero-order valence-electron chi connectivity index (χ0n) is 14.6. The van der Waals surface area contributed by atoms with Gasteiger partial charge in [0.05, 0.1) is 5.69 Å². The first-order valence-corrected chi connectivity index (χ1v) is 9.04. The second kappa shape index (κ2) is 8.53. The highest BCUT2D eigenvalue weighted by Gasteiger charge is 2.26. The number of carboxylic acid groups (broad SMARTS) is 1. The molecule has 0 spiro atoms. The van der Waals surface area contributed by atoms with E-state index in [1.54, 1.807) is 24.3 Å². The van der Waals surface area contributed by atoms with Crippen molar-refractivity contribution in [1.29, 1.82) is 0 Å². The highest BCUT2D eigenvalue weighted by molar-refractivity contribution is 7.80. The van der Waals surface area contributed by atoms with Gasteiger partial charge < -0.3 is 10.4 Å². The molecule has 0 aliphatic heterocycles. The van der Waals surface area contributed by atoms with Crippen molar-refractivity contribution in [2.75, 3.05) is 5.75 Å². The van der Waals surface area contributed by atoms with E-state index in [4.69, 9.17) is 0 Å². The number of benzene rings is 2. The zero-order valence-corrected chi connectivity index (χ0v) is 15.5. The van der Waals surface area contributed by atoms with Gasteiger partial charge in [-0.05, 0) is 5.56 Å². The van der Waals surface area contributed by atoms with Crippen LogP contribution in [0, 0.1) is 0 Å². The minimum Gasteiger partial charge on any atom is -0.480 e. The lowest BCUT2D eigenvalue weighted by atomic mass is 9.95. The van der Waals surface area contributed by atoms with Crippen molar-refractivity contribution in [3.05, 3.63) is 76.6 Å². The lowest BCUT2D eigenvalue weighted by Gasteiger charge is -2.16. The minimum atomic E-state index is -1.24. The van der Waals surface area contributed by atoms with Gasteiger partial charge in [0.15, 0.2) is 0 Å². The van der Waals surface area contributed by atoms with E-state index >= 15 is 0 Å². The highest BCUT2D eigenvalue weighted by Crippen LogP contribution is 2.31. The van der Waals surface area contributed by atoms with Crippen LogP contribution in [0.5, 0.6) is 0 Å². The molecule has 1 amide bonds. The SMILES string of the molecule is O=C(NC(CS)C(=O)O)c1c(-c2ccccc2)c(-c2ccccc2)n[nH]c1=O. The van der Waals surface area contributed by atoms with Crippen LogP contribution in [0.15, 0.2) is 65.5 Å². The normalized spacial score (nSPS) is 11.6. The molecule has 0 radical (unpaired) electrons. The summed E-state index contributed by atoms with van der Waals surface area (Å²) < 4.78 is 0. The number of aromatic amines is 1. The first-order valence-electron chi connectivity index (χ1n) is 8.41. The van der Waals surface area contributed by atoms with Gasteiger partial charge in [-0.3, -0.25) is 9.59 Å². The molecular weight excluding hydrogens is 378 g/mol. The summed E-state index contributed by atoms with van der Waals surface area (Å²) in [6, 6.07) is 16.7. The lowest BCUT2D eigenvalue weighted by molar-refractivity contribution is -0.138. The maximum atomic E-state index is 12.9. The summed E-state index contributed by atoms with van der Waals surface area (Å²) in [4.78, 5) is 36.7. The van der Waals surface area contributed by atoms with E-state index in [0.717, 1.165) is 0 Å². The summed E-state index contributed by atoms with van der Waals surface area (Å²) in [7, 11) is 0. The molecule has 0 aliphatic rings. The van der Waals surface area contributed by atoms with E-state index in [-0.39, 0.29) is 11.3 Å². The number of hydrogen-bond acceptors (Lipinski definition) is 5. The number of aliphatic carboxylic acids is 1. The Morgan fingerprint density at radius 3 is 2.14 bits per heavy atom. The fourth-order valence-corrected chi connectivity index (χ4v) is 3.02. The highest BCUT2D eigenvalue weighted by atomic mass is 32.1. The quantitative estimate of drug-likeness (QED) is 0.478. The van der Waals surface area contributed by atoms with Crippen LogP contribution in [0.3, 0.4) is 0 Å². The number of carbonyl (C=O) groups excluding carboxylic acids is 1. The molecule has 28 heavy (non-hydrogen) atoms. The molecule has 1 atom stereocenters. The van der Waals surface area contributed by atoms with Gasteiger partial charge in [-0.2, -0.15) is 17.7 Å². The summed E-state index contributed by atoms with van der Waals surface area (Å²) in [5.74, 6) is -2.16. The Balaban J connectivity index is 2.23. The number of carboxylic acids is 1. The Kier molecular flexibility index (Phi) is 5.90. The summed E-state index contributed by atoms with van der Waals surface area (Å²) in [6.45, 7) is 0. The van der Waals surface area contributed by atoms with Crippen molar-refractivity contribution >= 4 is 24.5 Å². The molecule has 0 fully saturated rings. The van der Waals surface area contributed by atoms with E-state index in [0.29, 0.717) is 22.4 Å². The predicted octanol–water partition coefficient (Wildman–Crippen LogP) is 2.22. The topological polar surface area (TPSA) is 112 Å². The largest absolute Gasteiger partial charge is 0.480 e. The Morgan fingerprint density at radius 2 is 1.61 bits per heavy atom. The Hall–Kier alpha value is -3.39. The molecule has 8 heteroatoms. The zero-order chi connectivity index (χ0) is 20.1. The maximum absolute atomic E-state index is 12.9. The molecule has 0 saturated carbocycles. The molecule has 3 N–H and O–H groups in total. The molecule has 0 bridgehead atoms. The van der Waals surface area contributed by atoms with Crippen LogP contribution >= 0.6 is 12.6 Å². The van der Waals surface area contributed by atoms with Gasteiger partial charge in [-0.25, -0.2) is 9.89 Å². The van der Waals surface area contributed by atoms with Crippen molar-refractivity contribution < 1.29 is 14.7 Å². The third-order valence-corrected chi connectivity index (χ3v) is 4.47. The molecule has 1 heterocycles. The number of rotatable bonds is 6. The molecule has 7 nitrogen and oxygen atoms in total. The average molecular weight is 395 g/mol. The van der Waals surface area contributed by atoms with E-state index in [1.807, 2.05) is 36.4 Å². The van der Waals surface area contributed by atoms with Gasteiger partial charge in [0.25, 0.3) is 11.5 Å². The van der Waals surface area contributed by atoms with Gasteiger partial charge >= 0.3 is 5.97 Å². The number of carbonyl (C=O) groups is 2. The van der Waals surface area contributed by atoms with Crippen LogP contribution in [0.1, 0.15) is 10.4 Å². The summed E-state index contributed by atoms with van der Waals surface area (Å²) in [6.07, 6.45) is 0. The van der Waals surface area contributed by atoms with Crippen molar-refractivity contribution in [3.8, 4) is 22.4 Å². The van der Waals surface area contributed by atoms with Crippen LogP contribution in [-0.2, 0) is 4.79 Å². The summed E-state index contributed by atoms with van der Waals surface area (Å²) >= 11 is 3.95. The number of nitrogens with zero attached hydrogens (tertiary/aromatic N) is 1. The predicted molar refractivity (Wildman–Crippen MR) is 108 cm³/mol. The minimum absolute atomic E-state index is 0.115. The van der Waals surface area contributed by atoms with Crippen LogP contribution in [-0.4, -0.2) is 39.0 Å². The number of nitrogens with one attached hydrogen (secondary N) is 2. The number of thiol groups is 1. The maximum Gasteiger partial charge on any atom is 0.327 e. The molecule has 142 valence electrons. The monoisotopic (exact) mass is 395 g/mol. The van der Waals surface area contributed by atoms with Gasteiger partial charge in [0.1, 0.15) is 11.6 Å². The van der Waals surface area contributed by atoms with Gasteiger partial charge in [-0.15, -0.1) is 0 Å². The van der Waals surface area contributed by atoms with E-state index in [9.17, 15) is 19.5 Å². The van der Waals surface area contributed by atoms with Gasteiger partial charge in [0, 0.05) is 16.9 Å². The van der Waals surface area contributed by atoms with Crippen LogP contribution in [0.25, 0.3) is 22.4 Å². The molecule has 2 aromatic carbocycles. The van der Waals surface area contributed by atoms with Gasteiger partial charge in [0.2, 0.25) is 0 Å². The third kappa shape index (κ3) is 3.96. The second-order valence-corrected chi connectivity index (χ2v) is 6.30. The Labute approximate surface area is 165 Å². The summed E-state index contributed by atoms with van der Waals surface area (Å²) in [5.41, 5.74) is 1.15. The van der Waals surface area contributed by atoms with Gasteiger partial charge in [-0.1, -0.05) is 60.7 Å². The number of amides is 1. The van der Waals surface area contributed by atoms with E-state index < -0.39 is 23.5 Å². The first kappa shape index (κ1) is 19.4. The van der Waals surface area contributed by atoms with E-state index in [2.05, 4.69) is 28.1 Å². The van der Waals surface area contributed by atoms with Crippen molar-refractivity contribution in [3.63, 3.8) is 0 Å². The van der Waals surface area contributed by atoms with E-state index in [1.165, 1.54) is 0 Å². The number of H-pyrrole nitrogens is 1.